The van der Waals surface area contributed by atoms with Crippen LogP contribution in [0.4, 0.5) is 0 Å². The van der Waals surface area contributed by atoms with Crippen molar-refractivity contribution in [3.05, 3.63) is 17.5 Å². The summed E-state index contributed by atoms with van der Waals surface area (Å²) in [6, 6.07) is 1.96. The van der Waals surface area contributed by atoms with Gasteiger partial charge < -0.3 is 19.9 Å². The zero-order chi connectivity index (χ0) is 18.5. The van der Waals surface area contributed by atoms with Crippen LogP contribution in [0.3, 0.4) is 0 Å². The Labute approximate surface area is 173 Å². The van der Waals surface area contributed by atoms with Crippen LogP contribution in [0.1, 0.15) is 70.2 Å². The molecule has 0 spiro atoms. The molecule has 8 heteroatoms. The fourth-order valence-electron chi connectivity index (χ4n) is 2.23. The van der Waals surface area contributed by atoms with Gasteiger partial charge in [0.1, 0.15) is 6.54 Å². The van der Waals surface area contributed by atoms with E-state index in [0.29, 0.717) is 18.9 Å². The van der Waals surface area contributed by atoms with E-state index in [1.165, 1.54) is 7.11 Å². The first-order valence-corrected chi connectivity index (χ1v) is 9.11. The van der Waals surface area contributed by atoms with Gasteiger partial charge in [0, 0.05) is 25.6 Å². The fraction of sp³-hybridized carbons (Fsp3) is 0.722. The second-order valence-corrected chi connectivity index (χ2v) is 6.24. The minimum atomic E-state index is -0.132. The van der Waals surface area contributed by atoms with Gasteiger partial charge in [-0.3, -0.25) is 4.79 Å². The summed E-state index contributed by atoms with van der Waals surface area (Å²) in [5.74, 6) is 1.77. The Bertz CT molecular complexity index is 532. The van der Waals surface area contributed by atoms with Crippen molar-refractivity contribution >= 4 is 35.9 Å². The molecule has 1 aromatic rings. The van der Waals surface area contributed by atoms with E-state index in [9.17, 15) is 4.79 Å². The van der Waals surface area contributed by atoms with E-state index in [1.807, 2.05) is 13.0 Å². The molecule has 0 aliphatic carbocycles. The molecular weight excluding hydrogens is 447 g/mol. The molecular formula is C18H33IN4O3. The van der Waals surface area contributed by atoms with Crippen LogP contribution in [0.2, 0.25) is 0 Å². The Morgan fingerprint density at radius 2 is 2.00 bits per heavy atom. The molecule has 26 heavy (non-hydrogen) atoms. The summed E-state index contributed by atoms with van der Waals surface area (Å²) in [4.78, 5) is 15.5. The van der Waals surface area contributed by atoms with Gasteiger partial charge in [-0.1, -0.05) is 31.8 Å². The number of guanidine groups is 1. The van der Waals surface area contributed by atoms with Gasteiger partial charge in [-0.15, -0.1) is 24.0 Å². The Balaban J connectivity index is 0.00000625. The molecule has 7 nitrogen and oxygen atoms in total. The van der Waals surface area contributed by atoms with Crippen molar-refractivity contribution < 1.29 is 14.1 Å². The number of aromatic nitrogens is 1. The molecule has 2 N–H and O–H groups in total. The van der Waals surface area contributed by atoms with Gasteiger partial charge in [-0.2, -0.15) is 0 Å². The molecule has 0 amide bonds. The summed E-state index contributed by atoms with van der Waals surface area (Å²) in [5, 5.41) is 10.6. The number of ether oxygens (including phenoxy) is 1. The number of aliphatic imine (C=N–C) groups is 1. The van der Waals surface area contributed by atoms with Gasteiger partial charge in [0.2, 0.25) is 0 Å². The Hall–Kier alpha value is -1.32. The number of methoxy groups -OCH3 is 1. The number of nitrogens with zero attached hydrogens (tertiary/aromatic N) is 2. The molecule has 0 bridgehead atoms. The first kappa shape index (κ1) is 24.7. The average Bonchev–Trinajstić information content (AvgIpc) is 3.07. The number of esters is 1. The number of carbonyl (C=O) groups is 1. The summed E-state index contributed by atoms with van der Waals surface area (Å²) in [6.45, 7) is 8.32. The summed E-state index contributed by atoms with van der Waals surface area (Å²) in [6.07, 6.45) is 4.52. The molecule has 0 saturated carbocycles. The third-order valence-corrected chi connectivity index (χ3v) is 3.73. The first-order valence-electron chi connectivity index (χ1n) is 9.11. The van der Waals surface area contributed by atoms with E-state index >= 15 is 0 Å². The lowest BCUT2D eigenvalue weighted by atomic mass is 10.1. The highest BCUT2D eigenvalue weighted by molar-refractivity contribution is 14.0. The number of carbonyl (C=O) groups excluding carboxylic acids is 1. The number of hydrogen-bond acceptors (Lipinski definition) is 5. The van der Waals surface area contributed by atoms with E-state index in [4.69, 9.17) is 4.52 Å². The van der Waals surface area contributed by atoms with E-state index in [-0.39, 0.29) is 29.9 Å². The van der Waals surface area contributed by atoms with Gasteiger partial charge >= 0.3 is 5.97 Å². The summed E-state index contributed by atoms with van der Waals surface area (Å²) < 4.78 is 9.93. The molecule has 1 aromatic heterocycles. The van der Waals surface area contributed by atoms with Crippen LogP contribution < -0.4 is 10.6 Å². The van der Waals surface area contributed by atoms with Crippen LogP contribution in [0.25, 0.3) is 0 Å². The molecule has 0 radical (unpaired) electrons. The molecule has 1 heterocycles. The molecule has 1 rings (SSSR count). The zero-order valence-corrected chi connectivity index (χ0v) is 18.7. The maximum Gasteiger partial charge on any atom is 0.305 e. The van der Waals surface area contributed by atoms with Gasteiger partial charge in [-0.05, 0) is 25.7 Å². The largest absolute Gasteiger partial charge is 0.469 e. The number of halogens is 1. The zero-order valence-electron chi connectivity index (χ0n) is 16.3. The molecule has 0 fully saturated rings. The second kappa shape index (κ2) is 14.8. The first-order chi connectivity index (χ1) is 12.1. The van der Waals surface area contributed by atoms with E-state index in [2.05, 4.69) is 39.4 Å². The van der Waals surface area contributed by atoms with Crippen molar-refractivity contribution in [2.45, 2.75) is 65.3 Å². The van der Waals surface area contributed by atoms with Crippen LogP contribution in [-0.2, 0) is 16.1 Å². The number of rotatable bonds is 11. The topological polar surface area (TPSA) is 88.8 Å². The number of nitrogens with one attached hydrogen (secondary N) is 2. The third kappa shape index (κ3) is 10.6. The van der Waals surface area contributed by atoms with E-state index < -0.39 is 0 Å². The van der Waals surface area contributed by atoms with Crippen molar-refractivity contribution in [3.8, 4) is 0 Å². The SMILES string of the molecule is CCNC(=NCc1cc(C(C)C)no1)NCCCCCCC(=O)OC.I. The quantitative estimate of drug-likeness (QED) is 0.166. The lowest BCUT2D eigenvalue weighted by Crippen LogP contribution is -2.37. The van der Waals surface area contributed by atoms with Crippen molar-refractivity contribution in [3.63, 3.8) is 0 Å². The molecule has 150 valence electrons. The third-order valence-electron chi connectivity index (χ3n) is 3.73. The van der Waals surface area contributed by atoms with Crippen LogP contribution in [0.15, 0.2) is 15.6 Å². The molecule has 0 saturated heterocycles. The van der Waals surface area contributed by atoms with Crippen LogP contribution in [-0.4, -0.2) is 37.3 Å². The predicted octanol–water partition coefficient (Wildman–Crippen LogP) is 3.59. The molecule has 0 aromatic carbocycles. The molecule has 0 aliphatic heterocycles. The van der Waals surface area contributed by atoms with Gasteiger partial charge in [-0.25, -0.2) is 4.99 Å². The van der Waals surface area contributed by atoms with Crippen molar-refractivity contribution in [2.75, 3.05) is 20.2 Å². The Morgan fingerprint density at radius 1 is 1.27 bits per heavy atom. The van der Waals surface area contributed by atoms with E-state index in [1.54, 1.807) is 0 Å². The maximum atomic E-state index is 11.0. The summed E-state index contributed by atoms with van der Waals surface area (Å²) in [5.41, 5.74) is 0.954. The van der Waals surface area contributed by atoms with E-state index in [0.717, 1.165) is 56.2 Å². The number of unbranched alkanes of at least 4 members (excludes halogenated alkanes) is 3. The van der Waals surface area contributed by atoms with Gasteiger partial charge in [0.15, 0.2) is 11.7 Å². The van der Waals surface area contributed by atoms with Crippen molar-refractivity contribution in [2.24, 2.45) is 4.99 Å². The maximum absolute atomic E-state index is 11.0. The van der Waals surface area contributed by atoms with Gasteiger partial charge in [0.05, 0.1) is 12.8 Å². The number of hydrogen-bond donors (Lipinski definition) is 2. The minimum absolute atomic E-state index is 0. The summed E-state index contributed by atoms with van der Waals surface area (Å²) >= 11 is 0. The standard InChI is InChI=1S/C18H32N4O3.HI/c1-5-19-18(20-11-9-7-6-8-10-17(23)24-4)21-13-15-12-16(14(2)3)22-25-15;/h12,14H,5-11,13H2,1-4H3,(H2,19,20,21);1H. The normalized spacial score (nSPS) is 11.2. The molecule has 0 aliphatic rings. The fourth-order valence-corrected chi connectivity index (χ4v) is 2.23. The predicted molar refractivity (Wildman–Crippen MR) is 114 cm³/mol. The smallest absolute Gasteiger partial charge is 0.305 e. The van der Waals surface area contributed by atoms with Crippen LogP contribution >= 0.6 is 24.0 Å². The van der Waals surface area contributed by atoms with Crippen molar-refractivity contribution in [1.82, 2.24) is 15.8 Å². The molecule has 0 atom stereocenters. The minimum Gasteiger partial charge on any atom is -0.469 e. The molecule has 0 unspecified atom stereocenters. The highest BCUT2D eigenvalue weighted by atomic mass is 127. The van der Waals surface area contributed by atoms with Crippen molar-refractivity contribution in [1.29, 1.82) is 0 Å². The lowest BCUT2D eigenvalue weighted by Gasteiger charge is -2.10. The average molecular weight is 480 g/mol. The summed E-state index contributed by atoms with van der Waals surface area (Å²) in [7, 11) is 1.43. The highest BCUT2D eigenvalue weighted by Crippen LogP contribution is 2.14. The Morgan fingerprint density at radius 3 is 2.62 bits per heavy atom. The highest BCUT2D eigenvalue weighted by Gasteiger charge is 2.07. The Kier molecular flexibility index (Phi) is 14.1. The van der Waals surface area contributed by atoms with Gasteiger partial charge in [0.25, 0.3) is 0 Å². The van der Waals surface area contributed by atoms with Crippen LogP contribution in [0.5, 0.6) is 0 Å². The monoisotopic (exact) mass is 480 g/mol. The second-order valence-electron chi connectivity index (χ2n) is 6.24. The lowest BCUT2D eigenvalue weighted by molar-refractivity contribution is -0.140. The van der Waals surface area contributed by atoms with Crippen LogP contribution in [0, 0.1) is 0 Å².